The molecule has 0 fully saturated rings. The van der Waals surface area contributed by atoms with Gasteiger partial charge in [-0.15, -0.1) is 0 Å². The maximum absolute atomic E-state index is 14.9. The lowest BCUT2D eigenvalue weighted by Crippen LogP contribution is -2.32. The smallest absolute Gasteiger partial charge is 0.425 e. The van der Waals surface area contributed by atoms with Gasteiger partial charge < -0.3 is 15.0 Å². The number of benzene rings is 1. The van der Waals surface area contributed by atoms with E-state index in [1.165, 1.54) is 6.92 Å². The average molecular weight is 474 g/mol. The number of hydrogen-bond acceptors (Lipinski definition) is 5. The van der Waals surface area contributed by atoms with Crippen molar-refractivity contribution in [2.75, 3.05) is 5.32 Å². The molecule has 0 saturated heterocycles. The minimum atomic E-state index is -4.76. The van der Waals surface area contributed by atoms with Gasteiger partial charge in [-0.25, -0.2) is 4.39 Å². The first-order valence-corrected chi connectivity index (χ1v) is 9.41. The summed E-state index contributed by atoms with van der Waals surface area (Å²) in [6.07, 6.45) is -5.94. The molecule has 0 aliphatic heterocycles. The van der Waals surface area contributed by atoms with E-state index in [1.54, 1.807) is 6.92 Å². The first-order chi connectivity index (χ1) is 14.9. The van der Waals surface area contributed by atoms with E-state index in [2.05, 4.69) is 25.5 Å². The fourth-order valence-corrected chi connectivity index (χ4v) is 2.85. The van der Waals surface area contributed by atoms with Crippen molar-refractivity contribution in [2.45, 2.75) is 33.1 Å². The van der Waals surface area contributed by atoms with Crippen LogP contribution >= 0.6 is 11.6 Å². The number of hydrogen-bond donors (Lipinski definition) is 3. The quantitative estimate of drug-likeness (QED) is 0.482. The Hall–Kier alpha value is -3.41. The molecule has 8 nitrogen and oxygen atoms in total. The molecule has 0 aliphatic carbocycles. The molecular weight excluding hydrogens is 458 g/mol. The van der Waals surface area contributed by atoms with Crippen LogP contribution in [-0.2, 0) is 0 Å². The van der Waals surface area contributed by atoms with E-state index in [4.69, 9.17) is 16.3 Å². The van der Waals surface area contributed by atoms with Crippen molar-refractivity contribution >= 4 is 23.2 Å². The Morgan fingerprint density at radius 1 is 1.28 bits per heavy atom. The molecule has 3 rings (SSSR count). The Morgan fingerprint density at radius 2 is 1.97 bits per heavy atom. The van der Waals surface area contributed by atoms with Gasteiger partial charge in [-0.2, -0.15) is 18.3 Å². The molecule has 0 bridgehead atoms. The van der Waals surface area contributed by atoms with Crippen molar-refractivity contribution in [3.05, 3.63) is 56.6 Å². The summed E-state index contributed by atoms with van der Waals surface area (Å²) in [6.45, 7) is 3.70. The van der Waals surface area contributed by atoms with E-state index in [0.717, 1.165) is 19.2 Å². The van der Waals surface area contributed by atoms with E-state index in [0.29, 0.717) is 11.8 Å². The van der Waals surface area contributed by atoms with Gasteiger partial charge >= 0.3 is 6.18 Å². The molecule has 0 radical (unpaired) electrons. The standard InChI is InChI=1S/C19H16ClF4N5O3/c1-7-15(16(20)29-28-7)27-18(31)11-4-12(21)10(13-6-25-8(2)17(30)26-13)5-14(11)32-9(3)19(22,23)24/h4-6,9H,1-3H3,(H,26,30)(H,27,31)(H,28,29). The van der Waals surface area contributed by atoms with Gasteiger partial charge in [0.05, 0.1) is 23.1 Å². The second-order valence-electron chi connectivity index (χ2n) is 6.81. The number of aromatic nitrogens is 4. The number of anilines is 1. The number of aryl methyl sites for hydroxylation is 2. The Balaban J connectivity index is 2.10. The number of carbonyl (C=O) groups excluding carboxylic acids is 1. The van der Waals surface area contributed by atoms with Crippen molar-refractivity contribution in [1.29, 1.82) is 0 Å². The molecule has 0 spiro atoms. The summed E-state index contributed by atoms with van der Waals surface area (Å²) in [4.78, 5) is 30.8. The SMILES string of the molecule is Cc1[nH]nc(Cl)c1NC(=O)c1cc(F)c(-c2cnc(C)c(=O)[nH]2)cc1OC(C)C(F)(F)F. The largest absolute Gasteiger partial charge is 0.480 e. The molecule has 2 heterocycles. The van der Waals surface area contributed by atoms with E-state index >= 15 is 0 Å². The lowest BCUT2D eigenvalue weighted by Gasteiger charge is -2.20. The first-order valence-electron chi connectivity index (χ1n) is 9.03. The number of aromatic amines is 2. The second-order valence-corrected chi connectivity index (χ2v) is 7.17. The first kappa shape index (κ1) is 23.3. The molecule has 1 amide bonds. The van der Waals surface area contributed by atoms with Crippen molar-refractivity contribution in [1.82, 2.24) is 20.2 Å². The Morgan fingerprint density at radius 3 is 2.53 bits per heavy atom. The van der Waals surface area contributed by atoms with Gasteiger partial charge in [-0.3, -0.25) is 19.7 Å². The van der Waals surface area contributed by atoms with Gasteiger partial charge in [0, 0.05) is 5.56 Å². The van der Waals surface area contributed by atoms with Crippen molar-refractivity contribution in [3.8, 4) is 17.0 Å². The number of nitrogens with one attached hydrogen (secondary N) is 3. The fourth-order valence-electron chi connectivity index (χ4n) is 2.62. The summed E-state index contributed by atoms with van der Waals surface area (Å²) in [5.41, 5.74) is -1.00. The summed E-state index contributed by atoms with van der Waals surface area (Å²) in [5, 5.41) is 8.48. The van der Waals surface area contributed by atoms with Crippen LogP contribution in [0.2, 0.25) is 5.15 Å². The number of ether oxygens (including phenoxy) is 1. The van der Waals surface area contributed by atoms with Gasteiger partial charge in [0.1, 0.15) is 22.9 Å². The summed E-state index contributed by atoms with van der Waals surface area (Å²) < 4.78 is 59.1. The number of amides is 1. The summed E-state index contributed by atoms with van der Waals surface area (Å²) in [7, 11) is 0. The highest BCUT2D eigenvalue weighted by Gasteiger charge is 2.39. The van der Waals surface area contributed by atoms with Gasteiger partial charge in [0.2, 0.25) is 0 Å². The highest BCUT2D eigenvalue weighted by atomic mass is 35.5. The second kappa shape index (κ2) is 8.61. The lowest BCUT2D eigenvalue weighted by atomic mass is 10.1. The monoisotopic (exact) mass is 473 g/mol. The zero-order chi connectivity index (χ0) is 23.8. The Kier molecular flexibility index (Phi) is 6.26. The van der Waals surface area contributed by atoms with E-state index < -0.39 is 40.9 Å². The van der Waals surface area contributed by atoms with Crippen LogP contribution in [0.15, 0.2) is 23.1 Å². The molecule has 32 heavy (non-hydrogen) atoms. The Bertz CT molecular complexity index is 1220. The van der Waals surface area contributed by atoms with Crippen LogP contribution in [0.25, 0.3) is 11.3 Å². The number of rotatable bonds is 5. The molecule has 3 N–H and O–H groups in total. The average Bonchev–Trinajstić information content (AvgIpc) is 3.02. The Labute approximate surface area is 183 Å². The maximum Gasteiger partial charge on any atom is 0.425 e. The third kappa shape index (κ3) is 4.74. The van der Waals surface area contributed by atoms with Crippen LogP contribution in [0.4, 0.5) is 23.2 Å². The van der Waals surface area contributed by atoms with Crippen LogP contribution in [0, 0.1) is 19.7 Å². The number of nitrogens with zero attached hydrogens (tertiary/aromatic N) is 2. The summed E-state index contributed by atoms with van der Waals surface area (Å²) in [6, 6.07) is 1.59. The van der Waals surface area contributed by atoms with Crippen LogP contribution < -0.4 is 15.6 Å². The number of alkyl halides is 3. The molecule has 1 atom stereocenters. The van der Waals surface area contributed by atoms with E-state index in [9.17, 15) is 27.2 Å². The normalized spacial score (nSPS) is 12.5. The van der Waals surface area contributed by atoms with Crippen LogP contribution in [0.5, 0.6) is 5.75 Å². The topological polar surface area (TPSA) is 113 Å². The summed E-state index contributed by atoms with van der Waals surface area (Å²) in [5.74, 6) is -2.55. The zero-order valence-electron chi connectivity index (χ0n) is 16.8. The third-order valence-corrected chi connectivity index (χ3v) is 4.75. The molecule has 0 saturated carbocycles. The lowest BCUT2D eigenvalue weighted by molar-refractivity contribution is -0.189. The predicted molar refractivity (Wildman–Crippen MR) is 107 cm³/mol. The number of carbonyl (C=O) groups is 1. The van der Waals surface area contributed by atoms with Gasteiger partial charge in [-0.1, -0.05) is 11.6 Å². The van der Waals surface area contributed by atoms with Crippen LogP contribution in [0.3, 0.4) is 0 Å². The molecule has 2 aromatic heterocycles. The van der Waals surface area contributed by atoms with Crippen molar-refractivity contribution < 1.29 is 27.1 Å². The maximum atomic E-state index is 14.9. The number of H-pyrrole nitrogens is 2. The van der Waals surface area contributed by atoms with Crippen molar-refractivity contribution in [2.24, 2.45) is 0 Å². The third-order valence-electron chi connectivity index (χ3n) is 4.47. The van der Waals surface area contributed by atoms with Gasteiger partial charge in [-0.05, 0) is 32.9 Å². The van der Waals surface area contributed by atoms with Gasteiger partial charge in [0.25, 0.3) is 11.5 Å². The fraction of sp³-hybridized carbons (Fsp3) is 0.263. The molecule has 0 aliphatic rings. The van der Waals surface area contributed by atoms with E-state index in [-0.39, 0.29) is 27.8 Å². The molecule has 1 aromatic carbocycles. The summed E-state index contributed by atoms with van der Waals surface area (Å²) >= 11 is 5.87. The molecule has 13 heteroatoms. The molecular formula is C19H16ClF4N5O3. The highest BCUT2D eigenvalue weighted by molar-refractivity contribution is 6.33. The number of halogens is 5. The molecule has 3 aromatic rings. The van der Waals surface area contributed by atoms with Crippen molar-refractivity contribution in [3.63, 3.8) is 0 Å². The zero-order valence-corrected chi connectivity index (χ0v) is 17.6. The minimum absolute atomic E-state index is 0.0723. The van der Waals surface area contributed by atoms with Crippen LogP contribution in [-0.4, -0.2) is 38.4 Å². The highest BCUT2D eigenvalue weighted by Crippen LogP contribution is 2.33. The predicted octanol–water partition coefficient (Wildman–Crippen LogP) is 4.15. The van der Waals surface area contributed by atoms with E-state index in [1.807, 2.05) is 0 Å². The molecule has 1 unspecified atom stereocenters. The molecule has 170 valence electrons. The van der Waals surface area contributed by atoms with Gasteiger partial charge in [0.15, 0.2) is 11.3 Å². The minimum Gasteiger partial charge on any atom is -0.480 e. The van der Waals surface area contributed by atoms with Crippen LogP contribution in [0.1, 0.15) is 28.7 Å².